The molecular formula is C30H26O2. The molecule has 0 heterocycles. The predicted octanol–water partition coefficient (Wildman–Crippen LogP) is 7.27. The topological polar surface area (TPSA) is 26.3 Å². The van der Waals surface area contributed by atoms with Gasteiger partial charge in [0.05, 0.1) is 6.61 Å². The Morgan fingerprint density at radius 1 is 0.719 bits per heavy atom. The van der Waals surface area contributed by atoms with Gasteiger partial charge in [-0.3, -0.25) is 0 Å². The fourth-order valence-electron chi connectivity index (χ4n) is 3.82. The number of carbonyl (C=O) groups excluding carboxylic acids is 1. The number of benzene rings is 4. The van der Waals surface area contributed by atoms with Crippen LogP contribution in [0.1, 0.15) is 11.1 Å². The molecule has 0 atom stereocenters. The molecule has 0 bridgehead atoms. The minimum atomic E-state index is -0.387. The van der Waals surface area contributed by atoms with Gasteiger partial charge in [-0.1, -0.05) is 97.1 Å². The van der Waals surface area contributed by atoms with E-state index in [9.17, 15) is 4.79 Å². The van der Waals surface area contributed by atoms with E-state index in [1.807, 2.05) is 6.07 Å². The summed E-state index contributed by atoms with van der Waals surface area (Å²) in [6.45, 7) is 5.89. The Labute approximate surface area is 189 Å². The standard InChI is InChI=1S/C30H26O2/c1-3-30(31)32-17-16-23-9-5-11-25(19-23)27-13-7-15-29(21-27)28-14-6-12-26(20-28)24-10-4-8-22(2)18-24/h3-15,18-21H,1,16-17H2,2H3. The SMILES string of the molecule is C=CC(=O)OCCc1cccc(-c2cccc(-c3cccc(-c4cccc(C)c4)c3)c2)c1. The van der Waals surface area contributed by atoms with Gasteiger partial charge >= 0.3 is 5.97 Å². The van der Waals surface area contributed by atoms with Gasteiger partial charge in [0.25, 0.3) is 0 Å². The van der Waals surface area contributed by atoms with Crippen LogP contribution in [0.15, 0.2) is 110 Å². The zero-order chi connectivity index (χ0) is 22.3. The number of carbonyl (C=O) groups is 1. The Morgan fingerprint density at radius 2 is 1.19 bits per heavy atom. The monoisotopic (exact) mass is 418 g/mol. The maximum atomic E-state index is 11.3. The van der Waals surface area contributed by atoms with Crippen molar-refractivity contribution >= 4 is 5.97 Å². The van der Waals surface area contributed by atoms with Gasteiger partial charge in [0.15, 0.2) is 0 Å². The van der Waals surface area contributed by atoms with E-state index in [-0.39, 0.29) is 5.97 Å². The van der Waals surface area contributed by atoms with E-state index in [0.29, 0.717) is 13.0 Å². The Morgan fingerprint density at radius 3 is 1.72 bits per heavy atom. The molecule has 2 heteroatoms. The van der Waals surface area contributed by atoms with Crippen LogP contribution in [0, 0.1) is 6.92 Å². The van der Waals surface area contributed by atoms with Crippen LogP contribution in [-0.2, 0) is 16.0 Å². The van der Waals surface area contributed by atoms with Crippen molar-refractivity contribution in [2.75, 3.05) is 6.61 Å². The van der Waals surface area contributed by atoms with Crippen molar-refractivity contribution in [3.05, 3.63) is 121 Å². The number of rotatable bonds is 7. The summed E-state index contributed by atoms with van der Waals surface area (Å²) in [5, 5.41) is 0. The lowest BCUT2D eigenvalue weighted by molar-refractivity contribution is -0.137. The fourth-order valence-corrected chi connectivity index (χ4v) is 3.82. The van der Waals surface area contributed by atoms with Crippen molar-refractivity contribution in [3.63, 3.8) is 0 Å². The van der Waals surface area contributed by atoms with Crippen molar-refractivity contribution in [3.8, 4) is 33.4 Å². The van der Waals surface area contributed by atoms with Crippen LogP contribution in [0.4, 0.5) is 0 Å². The highest BCUT2D eigenvalue weighted by Gasteiger charge is 2.06. The molecule has 2 nitrogen and oxygen atoms in total. The molecule has 4 rings (SSSR count). The van der Waals surface area contributed by atoms with Crippen LogP contribution in [0.2, 0.25) is 0 Å². The molecule has 0 unspecified atom stereocenters. The number of hydrogen-bond donors (Lipinski definition) is 0. The van der Waals surface area contributed by atoms with Crippen LogP contribution in [0.25, 0.3) is 33.4 Å². The summed E-state index contributed by atoms with van der Waals surface area (Å²) in [6, 6.07) is 34.2. The fraction of sp³-hybridized carbons (Fsp3) is 0.100. The lowest BCUT2D eigenvalue weighted by Gasteiger charge is -2.10. The molecule has 0 fully saturated rings. The van der Waals surface area contributed by atoms with Crippen molar-refractivity contribution in [1.82, 2.24) is 0 Å². The Kier molecular flexibility index (Phi) is 6.62. The second-order valence-corrected chi connectivity index (χ2v) is 7.85. The first-order valence-corrected chi connectivity index (χ1v) is 10.8. The van der Waals surface area contributed by atoms with Gasteiger partial charge < -0.3 is 4.74 Å². The third-order valence-electron chi connectivity index (χ3n) is 5.47. The van der Waals surface area contributed by atoms with Crippen LogP contribution >= 0.6 is 0 Å². The van der Waals surface area contributed by atoms with Crippen molar-refractivity contribution < 1.29 is 9.53 Å². The second kappa shape index (κ2) is 9.93. The van der Waals surface area contributed by atoms with Crippen molar-refractivity contribution in [1.29, 1.82) is 0 Å². The lowest BCUT2D eigenvalue weighted by Crippen LogP contribution is -2.04. The summed E-state index contributed by atoms with van der Waals surface area (Å²) in [4.78, 5) is 11.3. The first-order chi connectivity index (χ1) is 15.6. The number of aryl methyl sites for hydroxylation is 1. The van der Waals surface area contributed by atoms with Crippen LogP contribution in [0.5, 0.6) is 0 Å². The predicted molar refractivity (Wildman–Crippen MR) is 132 cm³/mol. The molecule has 0 aliphatic carbocycles. The molecule has 4 aromatic rings. The zero-order valence-corrected chi connectivity index (χ0v) is 18.3. The third-order valence-corrected chi connectivity index (χ3v) is 5.47. The molecule has 0 aliphatic heterocycles. The van der Waals surface area contributed by atoms with E-state index < -0.39 is 0 Å². The highest BCUT2D eigenvalue weighted by molar-refractivity contribution is 5.81. The van der Waals surface area contributed by atoms with Gasteiger partial charge in [0.1, 0.15) is 0 Å². The molecule has 32 heavy (non-hydrogen) atoms. The van der Waals surface area contributed by atoms with Gasteiger partial charge in [-0.15, -0.1) is 0 Å². The highest BCUT2D eigenvalue weighted by Crippen LogP contribution is 2.30. The minimum absolute atomic E-state index is 0.347. The van der Waals surface area contributed by atoms with Gasteiger partial charge in [0, 0.05) is 12.5 Å². The van der Waals surface area contributed by atoms with E-state index in [4.69, 9.17) is 4.74 Å². The van der Waals surface area contributed by atoms with Crippen molar-refractivity contribution in [2.24, 2.45) is 0 Å². The Hall–Kier alpha value is -3.91. The van der Waals surface area contributed by atoms with Crippen LogP contribution < -0.4 is 0 Å². The molecule has 0 aliphatic rings. The lowest BCUT2D eigenvalue weighted by atomic mass is 9.95. The van der Waals surface area contributed by atoms with E-state index in [0.717, 1.165) is 16.7 Å². The maximum Gasteiger partial charge on any atom is 0.330 e. The van der Waals surface area contributed by atoms with E-state index in [2.05, 4.69) is 104 Å². The van der Waals surface area contributed by atoms with E-state index >= 15 is 0 Å². The molecule has 0 N–H and O–H groups in total. The summed E-state index contributed by atoms with van der Waals surface area (Å²) >= 11 is 0. The first-order valence-electron chi connectivity index (χ1n) is 10.8. The summed E-state index contributed by atoms with van der Waals surface area (Å²) in [6.07, 6.45) is 1.86. The van der Waals surface area contributed by atoms with E-state index in [1.165, 1.54) is 33.9 Å². The minimum Gasteiger partial charge on any atom is -0.462 e. The summed E-state index contributed by atoms with van der Waals surface area (Å²) in [5.41, 5.74) is 9.52. The average Bonchev–Trinajstić information content (AvgIpc) is 2.84. The molecule has 0 amide bonds. The number of hydrogen-bond acceptors (Lipinski definition) is 2. The largest absolute Gasteiger partial charge is 0.462 e. The zero-order valence-electron chi connectivity index (χ0n) is 18.3. The van der Waals surface area contributed by atoms with Gasteiger partial charge in [0.2, 0.25) is 0 Å². The summed E-state index contributed by atoms with van der Waals surface area (Å²) in [7, 11) is 0. The smallest absolute Gasteiger partial charge is 0.330 e. The molecule has 0 aromatic heterocycles. The molecular weight excluding hydrogens is 392 g/mol. The molecule has 0 saturated heterocycles. The van der Waals surface area contributed by atoms with E-state index in [1.54, 1.807) is 0 Å². The van der Waals surface area contributed by atoms with Gasteiger partial charge in [-0.2, -0.15) is 0 Å². The quantitative estimate of drug-likeness (QED) is 0.233. The normalized spacial score (nSPS) is 10.5. The summed E-state index contributed by atoms with van der Waals surface area (Å²) < 4.78 is 5.12. The van der Waals surface area contributed by atoms with Gasteiger partial charge in [-0.05, 0) is 58.0 Å². The van der Waals surface area contributed by atoms with Gasteiger partial charge in [-0.25, -0.2) is 4.79 Å². The highest BCUT2D eigenvalue weighted by atomic mass is 16.5. The molecule has 0 spiro atoms. The maximum absolute atomic E-state index is 11.3. The third kappa shape index (κ3) is 5.22. The number of ether oxygens (including phenoxy) is 1. The molecule has 0 radical (unpaired) electrons. The Bertz CT molecular complexity index is 1250. The number of esters is 1. The molecule has 158 valence electrons. The summed E-state index contributed by atoms with van der Waals surface area (Å²) in [5.74, 6) is -0.387. The second-order valence-electron chi connectivity index (χ2n) is 7.85. The molecule has 0 saturated carbocycles. The van der Waals surface area contributed by atoms with Crippen LogP contribution in [0.3, 0.4) is 0 Å². The molecule has 4 aromatic carbocycles. The average molecular weight is 419 g/mol. The van der Waals surface area contributed by atoms with Crippen molar-refractivity contribution in [2.45, 2.75) is 13.3 Å². The first kappa shape index (κ1) is 21.3. The van der Waals surface area contributed by atoms with Crippen LogP contribution in [-0.4, -0.2) is 12.6 Å². The Balaban J connectivity index is 1.58.